The van der Waals surface area contributed by atoms with Crippen molar-refractivity contribution in [3.05, 3.63) is 42.1 Å². The normalized spacial score (nSPS) is 10.7. The van der Waals surface area contributed by atoms with Crippen LogP contribution in [0.5, 0.6) is 0 Å². The molecule has 100 valence electrons. The van der Waals surface area contributed by atoms with Gasteiger partial charge in [-0.15, -0.1) is 0 Å². The van der Waals surface area contributed by atoms with E-state index in [-0.39, 0.29) is 12.1 Å². The van der Waals surface area contributed by atoms with E-state index in [0.29, 0.717) is 6.54 Å². The van der Waals surface area contributed by atoms with E-state index in [0.717, 1.165) is 22.9 Å². The van der Waals surface area contributed by atoms with Gasteiger partial charge < -0.3 is 10.6 Å². The molecule has 2 rings (SSSR count). The molecule has 2 amide bonds. The largest absolute Gasteiger partial charge is 0.338 e. The van der Waals surface area contributed by atoms with Crippen molar-refractivity contribution in [3.63, 3.8) is 0 Å². The smallest absolute Gasteiger partial charge is 0.314 e. The first-order valence-corrected chi connectivity index (χ1v) is 6.54. The molecule has 0 aliphatic carbocycles. The van der Waals surface area contributed by atoms with E-state index in [1.807, 2.05) is 38.1 Å². The van der Waals surface area contributed by atoms with Gasteiger partial charge in [0.15, 0.2) is 0 Å². The van der Waals surface area contributed by atoms with E-state index in [2.05, 4.69) is 21.7 Å². The average molecular weight is 257 g/mol. The van der Waals surface area contributed by atoms with E-state index in [1.165, 1.54) is 0 Å². The van der Waals surface area contributed by atoms with Gasteiger partial charge in [0.2, 0.25) is 0 Å². The molecule has 0 aliphatic rings. The van der Waals surface area contributed by atoms with Gasteiger partial charge in [-0.25, -0.2) is 4.79 Å². The Kier molecular flexibility index (Phi) is 4.34. The Morgan fingerprint density at radius 2 is 2.05 bits per heavy atom. The fourth-order valence-electron chi connectivity index (χ4n) is 1.99. The monoisotopic (exact) mass is 257 g/mol. The number of para-hydroxylation sites is 1. The summed E-state index contributed by atoms with van der Waals surface area (Å²) in [6, 6.07) is 10.1. The second-order valence-electron chi connectivity index (χ2n) is 4.80. The number of benzene rings is 1. The molecule has 0 atom stereocenters. The molecule has 0 radical (unpaired) electrons. The van der Waals surface area contributed by atoms with Gasteiger partial charge in [0, 0.05) is 24.2 Å². The van der Waals surface area contributed by atoms with Gasteiger partial charge in [-0.1, -0.05) is 24.3 Å². The summed E-state index contributed by atoms with van der Waals surface area (Å²) >= 11 is 0. The second-order valence-corrected chi connectivity index (χ2v) is 4.80. The van der Waals surface area contributed by atoms with E-state index < -0.39 is 0 Å². The minimum absolute atomic E-state index is 0.122. The summed E-state index contributed by atoms with van der Waals surface area (Å²) in [7, 11) is 0. The van der Waals surface area contributed by atoms with Crippen LogP contribution in [0.25, 0.3) is 10.9 Å². The van der Waals surface area contributed by atoms with Crippen molar-refractivity contribution in [1.82, 2.24) is 15.6 Å². The van der Waals surface area contributed by atoms with Crippen LogP contribution in [0.2, 0.25) is 0 Å². The zero-order valence-electron chi connectivity index (χ0n) is 11.3. The van der Waals surface area contributed by atoms with Crippen LogP contribution < -0.4 is 10.6 Å². The highest BCUT2D eigenvalue weighted by atomic mass is 16.2. The molecule has 0 saturated heterocycles. The number of aromatic nitrogens is 1. The molecule has 0 aliphatic heterocycles. The van der Waals surface area contributed by atoms with Gasteiger partial charge in [0.25, 0.3) is 0 Å². The topological polar surface area (TPSA) is 54.0 Å². The fourth-order valence-corrected chi connectivity index (χ4v) is 1.99. The number of hydrogen-bond acceptors (Lipinski definition) is 2. The van der Waals surface area contributed by atoms with Gasteiger partial charge in [0.1, 0.15) is 0 Å². The number of pyridine rings is 1. The molecule has 2 aromatic rings. The van der Waals surface area contributed by atoms with Crippen molar-refractivity contribution in [1.29, 1.82) is 0 Å². The number of hydrogen-bond donors (Lipinski definition) is 2. The number of nitrogens with one attached hydrogen (secondary N) is 2. The third-order valence-electron chi connectivity index (χ3n) is 2.82. The molecule has 0 spiro atoms. The predicted octanol–water partition coefficient (Wildman–Crippen LogP) is 2.48. The maximum Gasteiger partial charge on any atom is 0.314 e. The third-order valence-corrected chi connectivity index (χ3v) is 2.82. The first-order chi connectivity index (χ1) is 9.16. The SMILES string of the molecule is CC(C)NC(=O)NCCc1cccc2cccnc12. The lowest BCUT2D eigenvalue weighted by Gasteiger charge is -2.10. The number of carbonyl (C=O) groups is 1. The van der Waals surface area contributed by atoms with E-state index in [4.69, 9.17) is 0 Å². The van der Waals surface area contributed by atoms with Gasteiger partial charge >= 0.3 is 6.03 Å². The van der Waals surface area contributed by atoms with Crippen molar-refractivity contribution in [3.8, 4) is 0 Å². The first-order valence-electron chi connectivity index (χ1n) is 6.54. The van der Waals surface area contributed by atoms with E-state index in [9.17, 15) is 4.79 Å². The number of urea groups is 1. The Morgan fingerprint density at radius 1 is 1.26 bits per heavy atom. The van der Waals surface area contributed by atoms with Gasteiger partial charge in [0.05, 0.1) is 5.52 Å². The average Bonchev–Trinajstić information content (AvgIpc) is 2.38. The Labute approximate surface area is 113 Å². The molecule has 4 nitrogen and oxygen atoms in total. The van der Waals surface area contributed by atoms with Crippen molar-refractivity contribution >= 4 is 16.9 Å². The highest BCUT2D eigenvalue weighted by molar-refractivity contribution is 5.81. The third kappa shape index (κ3) is 3.68. The number of amides is 2. The van der Waals surface area contributed by atoms with Crippen molar-refractivity contribution < 1.29 is 4.79 Å². The number of rotatable bonds is 4. The molecule has 4 heteroatoms. The lowest BCUT2D eigenvalue weighted by molar-refractivity contribution is 0.238. The maximum atomic E-state index is 11.5. The minimum Gasteiger partial charge on any atom is -0.338 e. The zero-order chi connectivity index (χ0) is 13.7. The molecule has 1 aromatic heterocycles. The lowest BCUT2D eigenvalue weighted by atomic mass is 10.1. The quantitative estimate of drug-likeness (QED) is 0.884. The van der Waals surface area contributed by atoms with Crippen LogP contribution in [-0.2, 0) is 6.42 Å². The van der Waals surface area contributed by atoms with Crippen LogP contribution in [0, 0.1) is 0 Å². The summed E-state index contributed by atoms with van der Waals surface area (Å²) in [6.45, 7) is 4.48. The summed E-state index contributed by atoms with van der Waals surface area (Å²) in [5.41, 5.74) is 2.17. The van der Waals surface area contributed by atoms with Crippen LogP contribution >= 0.6 is 0 Å². The first kappa shape index (κ1) is 13.3. The molecule has 2 N–H and O–H groups in total. The van der Waals surface area contributed by atoms with Crippen LogP contribution in [0.1, 0.15) is 19.4 Å². The fraction of sp³-hybridized carbons (Fsp3) is 0.333. The van der Waals surface area contributed by atoms with Gasteiger partial charge in [-0.2, -0.15) is 0 Å². The zero-order valence-corrected chi connectivity index (χ0v) is 11.3. The standard InChI is InChI=1S/C15H19N3O/c1-11(2)18-15(19)17-10-8-13-6-3-5-12-7-4-9-16-14(12)13/h3-7,9,11H,8,10H2,1-2H3,(H2,17,18,19). The van der Waals surface area contributed by atoms with Crippen LogP contribution in [0.3, 0.4) is 0 Å². The molecule has 1 heterocycles. The highest BCUT2D eigenvalue weighted by Gasteiger charge is 2.04. The summed E-state index contributed by atoms with van der Waals surface area (Å²) in [5.74, 6) is 0. The number of fused-ring (bicyclic) bond motifs is 1. The molecule has 0 unspecified atom stereocenters. The minimum atomic E-state index is -0.122. The van der Waals surface area contributed by atoms with Crippen LogP contribution in [0.15, 0.2) is 36.5 Å². The van der Waals surface area contributed by atoms with Gasteiger partial charge in [-0.05, 0) is 31.9 Å². The van der Waals surface area contributed by atoms with Crippen LogP contribution in [0.4, 0.5) is 4.79 Å². The molecule has 19 heavy (non-hydrogen) atoms. The second kappa shape index (κ2) is 6.18. The number of nitrogens with zero attached hydrogens (tertiary/aromatic N) is 1. The predicted molar refractivity (Wildman–Crippen MR) is 77.1 cm³/mol. The number of carbonyl (C=O) groups excluding carboxylic acids is 1. The van der Waals surface area contributed by atoms with Crippen molar-refractivity contribution in [2.45, 2.75) is 26.3 Å². The summed E-state index contributed by atoms with van der Waals surface area (Å²) in [6.07, 6.45) is 2.57. The molecule has 1 aromatic carbocycles. The Bertz CT molecular complexity index is 561. The van der Waals surface area contributed by atoms with Crippen molar-refractivity contribution in [2.24, 2.45) is 0 Å². The Morgan fingerprint density at radius 3 is 2.84 bits per heavy atom. The molecule has 0 fully saturated rings. The maximum absolute atomic E-state index is 11.5. The lowest BCUT2D eigenvalue weighted by Crippen LogP contribution is -2.40. The highest BCUT2D eigenvalue weighted by Crippen LogP contribution is 2.15. The molecule has 0 bridgehead atoms. The Balaban J connectivity index is 1.97. The van der Waals surface area contributed by atoms with E-state index >= 15 is 0 Å². The molecular weight excluding hydrogens is 238 g/mol. The summed E-state index contributed by atoms with van der Waals surface area (Å²) in [5, 5.41) is 6.78. The summed E-state index contributed by atoms with van der Waals surface area (Å²) in [4.78, 5) is 15.9. The van der Waals surface area contributed by atoms with E-state index in [1.54, 1.807) is 6.20 Å². The van der Waals surface area contributed by atoms with Gasteiger partial charge in [-0.3, -0.25) is 4.98 Å². The molecule has 0 saturated carbocycles. The Hall–Kier alpha value is -2.10. The summed E-state index contributed by atoms with van der Waals surface area (Å²) < 4.78 is 0. The van der Waals surface area contributed by atoms with Crippen LogP contribution in [-0.4, -0.2) is 23.6 Å². The molecular formula is C15H19N3O. The van der Waals surface area contributed by atoms with Crippen molar-refractivity contribution in [2.75, 3.05) is 6.54 Å².